The summed E-state index contributed by atoms with van der Waals surface area (Å²) >= 11 is 0. The molecule has 3 aromatic carbocycles. The van der Waals surface area contributed by atoms with Crippen molar-refractivity contribution in [2.24, 2.45) is 0 Å². The summed E-state index contributed by atoms with van der Waals surface area (Å²) in [4.78, 5) is 0. The Hall–Kier alpha value is -2.65. The van der Waals surface area contributed by atoms with Crippen molar-refractivity contribution in [1.29, 1.82) is 0 Å². The second kappa shape index (κ2) is 8.45. The third-order valence-electron chi connectivity index (χ3n) is 4.00. The summed E-state index contributed by atoms with van der Waals surface area (Å²) in [7, 11) is 0. The highest BCUT2D eigenvalue weighted by Crippen LogP contribution is 2.15. The summed E-state index contributed by atoms with van der Waals surface area (Å²) in [5.74, 6) is 0.587. The molecule has 0 saturated heterocycles. The minimum atomic E-state index is -0.231. The highest BCUT2D eigenvalue weighted by atomic mass is 19.1. The van der Waals surface area contributed by atoms with Gasteiger partial charge in [-0.15, -0.1) is 0 Å². The fourth-order valence-electron chi connectivity index (χ4n) is 2.55. The molecule has 0 saturated carbocycles. The van der Waals surface area contributed by atoms with Gasteiger partial charge in [0.1, 0.15) is 18.2 Å². The largest absolute Gasteiger partial charge is 0.489 e. The van der Waals surface area contributed by atoms with E-state index in [0.717, 1.165) is 24.4 Å². The van der Waals surface area contributed by atoms with Gasteiger partial charge in [0.25, 0.3) is 0 Å². The molecule has 0 radical (unpaired) electrons. The van der Waals surface area contributed by atoms with E-state index >= 15 is 0 Å². The van der Waals surface area contributed by atoms with Crippen molar-refractivity contribution in [3.8, 4) is 5.75 Å². The number of halogens is 1. The van der Waals surface area contributed by atoms with Crippen molar-refractivity contribution in [1.82, 2.24) is 5.32 Å². The lowest BCUT2D eigenvalue weighted by molar-refractivity contribution is 0.305. The summed E-state index contributed by atoms with van der Waals surface area (Å²) in [5, 5.41) is 3.45. The molecule has 0 aliphatic carbocycles. The van der Waals surface area contributed by atoms with Crippen LogP contribution < -0.4 is 10.1 Å². The van der Waals surface area contributed by atoms with Gasteiger partial charge in [0.2, 0.25) is 0 Å². The molecule has 0 bridgehead atoms. The van der Waals surface area contributed by atoms with Gasteiger partial charge in [0, 0.05) is 13.1 Å². The molecule has 3 aromatic rings. The van der Waals surface area contributed by atoms with Gasteiger partial charge in [-0.05, 0) is 47.9 Å². The predicted molar refractivity (Wildman–Crippen MR) is 98.9 cm³/mol. The summed E-state index contributed by atoms with van der Waals surface area (Å²) in [5.41, 5.74) is 4.66. The van der Waals surface area contributed by atoms with Gasteiger partial charge in [-0.3, -0.25) is 0 Å². The van der Waals surface area contributed by atoms with Crippen LogP contribution in [0.4, 0.5) is 4.39 Å². The Morgan fingerprint density at radius 3 is 2.24 bits per heavy atom. The van der Waals surface area contributed by atoms with Crippen LogP contribution in [0.25, 0.3) is 0 Å². The Labute approximate surface area is 148 Å². The van der Waals surface area contributed by atoms with E-state index in [1.54, 1.807) is 12.1 Å². The lowest BCUT2D eigenvalue weighted by Gasteiger charge is -2.09. The zero-order valence-corrected chi connectivity index (χ0v) is 14.3. The Morgan fingerprint density at radius 2 is 1.48 bits per heavy atom. The standard InChI is InChI=1S/C22H22FNO/c1-17-5-7-18(8-6-17)14-24-15-20-3-2-4-22(13-20)25-16-19-9-11-21(23)12-10-19/h2-13,24H,14-16H2,1H3. The first-order valence-corrected chi connectivity index (χ1v) is 8.41. The number of rotatable bonds is 7. The number of hydrogen-bond acceptors (Lipinski definition) is 2. The van der Waals surface area contributed by atoms with Gasteiger partial charge < -0.3 is 10.1 Å². The van der Waals surface area contributed by atoms with Crippen molar-refractivity contribution >= 4 is 0 Å². The van der Waals surface area contributed by atoms with Crippen LogP contribution in [-0.4, -0.2) is 0 Å². The Kier molecular flexibility index (Phi) is 5.81. The minimum Gasteiger partial charge on any atom is -0.489 e. The second-order valence-corrected chi connectivity index (χ2v) is 6.15. The van der Waals surface area contributed by atoms with Crippen LogP contribution in [-0.2, 0) is 19.7 Å². The molecule has 0 aliphatic heterocycles. The van der Waals surface area contributed by atoms with Crippen LogP contribution in [0.2, 0.25) is 0 Å². The minimum absolute atomic E-state index is 0.231. The van der Waals surface area contributed by atoms with Gasteiger partial charge in [-0.2, -0.15) is 0 Å². The molecule has 0 heterocycles. The maximum Gasteiger partial charge on any atom is 0.123 e. The average Bonchev–Trinajstić information content (AvgIpc) is 2.63. The highest BCUT2D eigenvalue weighted by molar-refractivity contribution is 5.29. The normalized spacial score (nSPS) is 10.6. The first-order chi connectivity index (χ1) is 12.2. The van der Waals surface area contributed by atoms with Crippen LogP contribution in [0.15, 0.2) is 72.8 Å². The third kappa shape index (κ3) is 5.44. The SMILES string of the molecule is Cc1ccc(CNCc2cccc(OCc3ccc(F)cc3)c2)cc1. The maximum atomic E-state index is 12.9. The van der Waals surface area contributed by atoms with Crippen LogP contribution in [0, 0.1) is 12.7 Å². The summed E-state index contributed by atoms with van der Waals surface area (Å²) in [6.07, 6.45) is 0. The van der Waals surface area contributed by atoms with Crippen molar-refractivity contribution in [3.05, 3.63) is 101 Å². The van der Waals surface area contributed by atoms with E-state index in [9.17, 15) is 4.39 Å². The number of nitrogens with one attached hydrogen (secondary N) is 1. The first kappa shape index (κ1) is 17.2. The molecule has 0 unspecified atom stereocenters. The number of benzene rings is 3. The van der Waals surface area contributed by atoms with E-state index < -0.39 is 0 Å². The summed E-state index contributed by atoms with van der Waals surface area (Å²) < 4.78 is 18.7. The molecular weight excluding hydrogens is 313 g/mol. The zero-order chi connectivity index (χ0) is 17.5. The quantitative estimate of drug-likeness (QED) is 0.656. The van der Waals surface area contributed by atoms with Gasteiger partial charge >= 0.3 is 0 Å². The lowest BCUT2D eigenvalue weighted by Crippen LogP contribution is -2.12. The molecule has 2 nitrogen and oxygen atoms in total. The van der Waals surface area contributed by atoms with Crippen LogP contribution >= 0.6 is 0 Å². The molecule has 25 heavy (non-hydrogen) atoms. The smallest absolute Gasteiger partial charge is 0.123 e. The molecule has 0 spiro atoms. The van der Waals surface area contributed by atoms with Crippen molar-refractivity contribution in [2.45, 2.75) is 26.6 Å². The number of aryl methyl sites for hydroxylation is 1. The lowest BCUT2D eigenvalue weighted by atomic mass is 10.1. The molecule has 0 fully saturated rings. The molecule has 0 aliphatic rings. The summed E-state index contributed by atoms with van der Waals surface area (Å²) in [6, 6.07) is 22.9. The van der Waals surface area contributed by atoms with Crippen molar-refractivity contribution in [2.75, 3.05) is 0 Å². The topological polar surface area (TPSA) is 21.3 Å². The molecule has 128 valence electrons. The monoisotopic (exact) mass is 335 g/mol. The Bertz CT molecular complexity index is 797. The van der Waals surface area contributed by atoms with E-state index in [-0.39, 0.29) is 5.82 Å². The molecule has 0 amide bonds. The van der Waals surface area contributed by atoms with Crippen LogP contribution in [0.5, 0.6) is 5.75 Å². The second-order valence-electron chi connectivity index (χ2n) is 6.15. The molecule has 1 N–H and O–H groups in total. The first-order valence-electron chi connectivity index (χ1n) is 8.41. The van der Waals surface area contributed by atoms with Crippen molar-refractivity contribution < 1.29 is 9.13 Å². The summed E-state index contributed by atoms with van der Waals surface area (Å²) in [6.45, 7) is 4.14. The fraction of sp³-hybridized carbons (Fsp3) is 0.182. The molecule has 0 atom stereocenters. The Morgan fingerprint density at radius 1 is 0.800 bits per heavy atom. The number of ether oxygens (including phenoxy) is 1. The van der Waals surface area contributed by atoms with E-state index in [0.29, 0.717) is 6.61 Å². The third-order valence-corrected chi connectivity index (χ3v) is 4.00. The highest BCUT2D eigenvalue weighted by Gasteiger charge is 2.00. The molecule has 0 aromatic heterocycles. The van der Waals surface area contributed by atoms with Gasteiger partial charge in [-0.25, -0.2) is 4.39 Å². The molecule has 3 heteroatoms. The van der Waals surface area contributed by atoms with Gasteiger partial charge in [0.15, 0.2) is 0 Å². The van der Waals surface area contributed by atoms with Gasteiger partial charge in [0.05, 0.1) is 0 Å². The predicted octanol–water partition coefficient (Wildman–Crippen LogP) is 5.00. The van der Waals surface area contributed by atoms with Crippen molar-refractivity contribution in [3.63, 3.8) is 0 Å². The van der Waals surface area contributed by atoms with Gasteiger partial charge in [-0.1, -0.05) is 54.1 Å². The van der Waals surface area contributed by atoms with Crippen LogP contribution in [0.3, 0.4) is 0 Å². The average molecular weight is 335 g/mol. The maximum absolute atomic E-state index is 12.9. The van der Waals surface area contributed by atoms with E-state index in [1.807, 2.05) is 18.2 Å². The van der Waals surface area contributed by atoms with E-state index in [4.69, 9.17) is 4.74 Å². The Balaban J connectivity index is 1.50. The molecule has 3 rings (SSSR count). The van der Waals surface area contributed by atoms with Crippen LogP contribution in [0.1, 0.15) is 22.3 Å². The molecular formula is C22H22FNO. The van der Waals surface area contributed by atoms with E-state index in [2.05, 4.69) is 42.6 Å². The fourth-order valence-corrected chi connectivity index (χ4v) is 2.55. The number of hydrogen-bond donors (Lipinski definition) is 1. The van der Waals surface area contributed by atoms with E-state index in [1.165, 1.54) is 28.8 Å². The zero-order valence-electron chi connectivity index (χ0n) is 14.3.